The minimum Gasteiger partial charge on any atom is -0.0879 e. The molecule has 0 fully saturated rings. The number of hydrogen-bond donors (Lipinski definition) is 0. The van der Waals surface area contributed by atoms with E-state index in [1.54, 1.807) is 0 Å². The predicted octanol–water partition coefficient (Wildman–Crippen LogP) is 4.34. The van der Waals surface area contributed by atoms with Gasteiger partial charge in [-0.05, 0) is 25.7 Å². The van der Waals surface area contributed by atoms with Crippen LogP contribution in [0.25, 0.3) is 0 Å². The predicted molar refractivity (Wildman–Crippen MR) is 64.2 cm³/mol. The van der Waals surface area contributed by atoms with Crippen molar-refractivity contribution in [1.29, 1.82) is 0 Å². The molecule has 0 heterocycles. The molecule has 0 heteroatoms. The molecule has 74 valence electrons. The van der Waals surface area contributed by atoms with E-state index in [1.165, 1.54) is 0 Å². The minimum atomic E-state index is 1.04. The zero-order valence-corrected chi connectivity index (χ0v) is 8.60. The molecule has 0 aromatic rings. The van der Waals surface area contributed by atoms with Crippen LogP contribution in [-0.2, 0) is 0 Å². The summed E-state index contributed by atoms with van der Waals surface area (Å²) in [7, 11) is 0. The molecule has 0 unspecified atom stereocenters. The maximum absolute atomic E-state index is 2.25. The van der Waals surface area contributed by atoms with E-state index in [0.717, 1.165) is 25.7 Å². The first kappa shape index (κ1) is 10.8. The summed E-state index contributed by atoms with van der Waals surface area (Å²) in [5.41, 5.74) is 0. The second kappa shape index (κ2) is 8.31. The molecule has 14 heavy (non-hydrogen) atoms. The molecule has 1 rings (SSSR count). The Kier molecular flexibility index (Phi) is 6.39. The summed E-state index contributed by atoms with van der Waals surface area (Å²) in [4.78, 5) is 0. The SMILES string of the molecule is C1=CCC/C=C\C/C=C/C=C/C=C\C1. The minimum absolute atomic E-state index is 1.04. The second-order valence-electron chi connectivity index (χ2n) is 3.23. The summed E-state index contributed by atoms with van der Waals surface area (Å²) in [5, 5.41) is 0. The van der Waals surface area contributed by atoms with Gasteiger partial charge in [0, 0.05) is 0 Å². The maximum atomic E-state index is 2.25. The van der Waals surface area contributed by atoms with Crippen molar-refractivity contribution in [1.82, 2.24) is 0 Å². The van der Waals surface area contributed by atoms with Crippen molar-refractivity contribution in [3.8, 4) is 0 Å². The standard InChI is InChI=1S/C14H18/c1-2-4-6-8-10-12-14-13-11-9-7-5-3-1/h1-6,9-12H,7-8,13-14H2/b2-1+,5-3-,6-4+,11-9?,12-10-. The van der Waals surface area contributed by atoms with Crippen LogP contribution in [0.3, 0.4) is 0 Å². The van der Waals surface area contributed by atoms with Crippen LogP contribution in [0.5, 0.6) is 0 Å². The van der Waals surface area contributed by atoms with Gasteiger partial charge >= 0.3 is 0 Å². The van der Waals surface area contributed by atoms with Crippen LogP contribution in [0.1, 0.15) is 25.7 Å². The Balaban J connectivity index is 2.45. The summed E-state index contributed by atoms with van der Waals surface area (Å²) in [6.07, 6.45) is 26.0. The topological polar surface area (TPSA) is 0 Å². The fraction of sp³-hybridized carbons (Fsp3) is 0.286. The Labute approximate surface area is 87.0 Å². The molecule has 0 nitrogen and oxygen atoms in total. The molecular weight excluding hydrogens is 168 g/mol. The Bertz CT molecular complexity index is 234. The van der Waals surface area contributed by atoms with Gasteiger partial charge < -0.3 is 0 Å². The van der Waals surface area contributed by atoms with E-state index in [1.807, 2.05) is 0 Å². The Morgan fingerprint density at radius 2 is 0.929 bits per heavy atom. The van der Waals surface area contributed by atoms with Crippen LogP contribution in [0, 0.1) is 0 Å². The summed E-state index contributed by atoms with van der Waals surface area (Å²) in [6, 6.07) is 0. The van der Waals surface area contributed by atoms with Crippen LogP contribution in [0.2, 0.25) is 0 Å². The molecule has 0 atom stereocenters. The van der Waals surface area contributed by atoms with E-state index in [4.69, 9.17) is 0 Å². The molecule has 1 aliphatic rings. The van der Waals surface area contributed by atoms with Gasteiger partial charge in [0.05, 0.1) is 0 Å². The zero-order valence-electron chi connectivity index (χ0n) is 8.60. The van der Waals surface area contributed by atoms with Crippen molar-refractivity contribution in [2.45, 2.75) is 25.7 Å². The van der Waals surface area contributed by atoms with Gasteiger partial charge in [0.15, 0.2) is 0 Å². The largest absolute Gasteiger partial charge is 0.0879 e. The Morgan fingerprint density at radius 1 is 0.429 bits per heavy atom. The van der Waals surface area contributed by atoms with E-state index >= 15 is 0 Å². The van der Waals surface area contributed by atoms with Crippen molar-refractivity contribution in [2.24, 2.45) is 0 Å². The molecule has 0 saturated carbocycles. The first-order valence-corrected chi connectivity index (χ1v) is 5.28. The third-order valence-electron chi connectivity index (χ3n) is 1.98. The molecule has 1 aliphatic carbocycles. The van der Waals surface area contributed by atoms with E-state index < -0.39 is 0 Å². The van der Waals surface area contributed by atoms with Gasteiger partial charge in [-0.15, -0.1) is 0 Å². The summed E-state index contributed by atoms with van der Waals surface area (Å²) < 4.78 is 0. The lowest BCUT2D eigenvalue weighted by Gasteiger charge is -1.87. The lowest BCUT2D eigenvalue weighted by atomic mass is 10.2. The first-order valence-electron chi connectivity index (χ1n) is 5.28. The third kappa shape index (κ3) is 6.24. The highest BCUT2D eigenvalue weighted by Crippen LogP contribution is 1.98. The quantitative estimate of drug-likeness (QED) is 0.494. The summed E-state index contributed by atoms with van der Waals surface area (Å²) in [5.74, 6) is 0. The fourth-order valence-electron chi connectivity index (χ4n) is 1.22. The van der Waals surface area contributed by atoms with Gasteiger partial charge in [-0.3, -0.25) is 0 Å². The Morgan fingerprint density at radius 3 is 1.43 bits per heavy atom. The van der Waals surface area contributed by atoms with Crippen molar-refractivity contribution < 1.29 is 0 Å². The summed E-state index contributed by atoms with van der Waals surface area (Å²) in [6.45, 7) is 0. The Hall–Kier alpha value is -1.30. The lowest BCUT2D eigenvalue weighted by Crippen LogP contribution is -1.67. The average molecular weight is 186 g/mol. The fourth-order valence-corrected chi connectivity index (χ4v) is 1.22. The lowest BCUT2D eigenvalue weighted by molar-refractivity contribution is 1.04. The van der Waals surface area contributed by atoms with Gasteiger partial charge in [0.1, 0.15) is 0 Å². The molecular formula is C14H18. The van der Waals surface area contributed by atoms with Gasteiger partial charge in [0.25, 0.3) is 0 Å². The van der Waals surface area contributed by atoms with Crippen LogP contribution >= 0.6 is 0 Å². The molecule has 0 radical (unpaired) electrons. The highest BCUT2D eigenvalue weighted by Gasteiger charge is 1.77. The molecule has 0 saturated heterocycles. The van der Waals surface area contributed by atoms with E-state index in [2.05, 4.69) is 60.8 Å². The number of rotatable bonds is 0. The zero-order chi connectivity index (χ0) is 9.90. The van der Waals surface area contributed by atoms with Gasteiger partial charge in [-0.1, -0.05) is 60.8 Å². The summed E-state index contributed by atoms with van der Waals surface area (Å²) >= 11 is 0. The van der Waals surface area contributed by atoms with E-state index in [9.17, 15) is 0 Å². The molecule has 0 spiro atoms. The maximum Gasteiger partial charge on any atom is -0.0166 e. The van der Waals surface area contributed by atoms with Crippen LogP contribution in [0.15, 0.2) is 60.8 Å². The highest BCUT2D eigenvalue weighted by molar-refractivity contribution is 5.13. The second-order valence-corrected chi connectivity index (χ2v) is 3.23. The van der Waals surface area contributed by atoms with Gasteiger partial charge in [0.2, 0.25) is 0 Å². The first-order chi connectivity index (χ1) is 7.00. The van der Waals surface area contributed by atoms with Gasteiger partial charge in [-0.2, -0.15) is 0 Å². The molecule has 0 bridgehead atoms. The van der Waals surface area contributed by atoms with Crippen LogP contribution in [0.4, 0.5) is 0 Å². The molecule has 0 aromatic heterocycles. The van der Waals surface area contributed by atoms with E-state index in [-0.39, 0.29) is 0 Å². The molecule has 0 amide bonds. The van der Waals surface area contributed by atoms with Gasteiger partial charge in [-0.25, -0.2) is 0 Å². The van der Waals surface area contributed by atoms with Crippen LogP contribution in [-0.4, -0.2) is 0 Å². The van der Waals surface area contributed by atoms with Crippen molar-refractivity contribution in [3.05, 3.63) is 60.8 Å². The van der Waals surface area contributed by atoms with Crippen molar-refractivity contribution in [2.75, 3.05) is 0 Å². The normalized spacial score (nSPS) is 27.4. The van der Waals surface area contributed by atoms with Crippen LogP contribution < -0.4 is 0 Å². The average Bonchev–Trinajstić information content (AvgIpc) is 2.22. The smallest absolute Gasteiger partial charge is 0.0166 e. The number of allylic oxidation sites excluding steroid dienone is 10. The van der Waals surface area contributed by atoms with Crippen molar-refractivity contribution >= 4 is 0 Å². The highest BCUT2D eigenvalue weighted by atomic mass is 13.8. The number of hydrogen-bond acceptors (Lipinski definition) is 0. The molecule has 0 aromatic carbocycles. The van der Waals surface area contributed by atoms with Crippen molar-refractivity contribution in [3.63, 3.8) is 0 Å². The third-order valence-corrected chi connectivity index (χ3v) is 1.98. The molecule has 0 aliphatic heterocycles. The monoisotopic (exact) mass is 186 g/mol. The molecule has 0 N–H and O–H groups in total. The van der Waals surface area contributed by atoms with E-state index in [0.29, 0.717) is 0 Å².